The smallest absolute Gasteiger partial charge is 0.251 e. The summed E-state index contributed by atoms with van der Waals surface area (Å²) in [5.41, 5.74) is 6.82. The predicted octanol–water partition coefficient (Wildman–Crippen LogP) is 3.39. The first kappa shape index (κ1) is 17.3. The fourth-order valence-electron chi connectivity index (χ4n) is 2.05. The lowest BCUT2D eigenvalue weighted by molar-refractivity contribution is 0.0954. The van der Waals surface area contributed by atoms with Crippen LogP contribution in [0.4, 0.5) is 0 Å². The first-order chi connectivity index (χ1) is 10.8. The van der Waals surface area contributed by atoms with Crippen LogP contribution in [0.3, 0.4) is 0 Å². The number of halogens is 1. The van der Waals surface area contributed by atoms with Crippen molar-refractivity contribution in [3.8, 4) is 5.75 Å². The Bertz CT molecular complexity index is 646. The van der Waals surface area contributed by atoms with Gasteiger partial charge >= 0.3 is 0 Å². The van der Waals surface area contributed by atoms with Gasteiger partial charge in [0.15, 0.2) is 5.72 Å². The summed E-state index contributed by atoms with van der Waals surface area (Å²) >= 11 is 5.80. The van der Waals surface area contributed by atoms with Gasteiger partial charge in [-0.3, -0.25) is 10.5 Å². The van der Waals surface area contributed by atoms with Gasteiger partial charge in [-0.25, -0.2) is 0 Å². The molecular weight excluding hydrogens is 312 g/mol. The molecule has 2 aromatic carbocycles. The third kappa shape index (κ3) is 5.93. The fraction of sp³-hybridized carbons (Fsp3) is 0.278. The highest BCUT2D eigenvalue weighted by molar-refractivity contribution is 6.30. The summed E-state index contributed by atoms with van der Waals surface area (Å²) in [5, 5.41) is 3.50. The maximum Gasteiger partial charge on any atom is 0.251 e. The van der Waals surface area contributed by atoms with Crippen molar-refractivity contribution in [3.05, 3.63) is 64.7 Å². The number of carbonyl (C=O) groups is 1. The van der Waals surface area contributed by atoms with E-state index in [0.717, 1.165) is 17.7 Å². The quantitative estimate of drug-likeness (QED) is 0.797. The number of hydrogen-bond donors (Lipinski definition) is 2. The van der Waals surface area contributed by atoms with E-state index >= 15 is 0 Å². The minimum absolute atomic E-state index is 0.105. The van der Waals surface area contributed by atoms with Crippen molar-refractivity contribution in [2.45, 2.75) is 26.0 Å². The number of hydrogen-bond acceptors (Lipinski definition) is 3. The molecule has 2 aromatic rings. The van der Waals surface area contributed by atoms with Crippen LogP contribution in [0.5, 0.6) is 5.75 Å². The van der Waals surface area contributed by atoms with Crippen LogP contribution in [-0.4, -0.2) is 18.2 Å². The molecule has 0 atom stereocenters. The molecule has 0 aromatic heterocycles. The number of nitrogens with one attached hydrogen (secondary N) is 1. The summed E-state index contributed by atoms with van der Waals surface area (Å²) in [6.45, 7) is 4.16. The Labute approximate surface area is 141 Å². The van der Waals surface area contributed by atoms with Crippen LogP contribution >= 0.6 is 11.6 Å². The minimum Gasteiger partial charge on any atom is -0.474 e. The summed E-state index contributed by atoms with van der Waals surface area (Å²) in [4.78, 5) is 12.0. The number of amides is 1. The molecule has 4 nitrogen and oxygen atoms in total. The highest BCUT2D eigenvalue weighted by Crippen LogP contribution is 2.16. The lowest BCUT2D eigenvalue weighted by atomic mass is 10.1. The molecule has 0 spiro atoms. The van der Waals surface area contributed by atoms with E-state index in [-0.39, 0.29) is 5.91 Å². The minimum atomic E-state index is -0.700. The molecule has 23 heavy (non-hydrogen) atoms. The predicted molar refractivity (Wildman–Crippen MR) is 92.8 cm³/mol. The van der Waals surface area contributed by atoms with Gasteiger partial charge in [0.1, 0.15) is 5.75 Å². The van der Waals surface area contributed by atoms with Crippen molar-refractivity contribution in [2.75, 3.05) is 6.54 Å². The van der Waals surface area contributed by atoms with Crippen LogP contribution in [-0.2, 0) is 6.42 Å². The van der Waals surface area contributed by atoms with Gasteiger partial charge in [0.2, 0.25) is 0 Å². The molecule has 0 unspecified atom stereocenters. The molecule has 0 aliphatic heterocycles. The summed E-state index contributed by atoms with van der Waals surface area (Å²) in [6, 6.07) is 14.5. The van der Waals surface area contributed by atoms with Crippen molar-refractivity contribution in [1.29, 1.82) is 0 Å². The average molecular weight is 333 g/mol. The second-order valence-electron chi connectivity index (χ2n) is 5.86. The van der Waals surface area contributed by atoms with E-state index in [1.165, 1.54) is 0 Å². The molecule has 5 heteroatoms. The molecule has 0 bridgehead atoms. The van der Waals surface area contributed by atoms with Crippen LogP contribution in [0.1, 0.15) is 29.8 Å². The molecule has 0 aliphatic rings. The zero-order chi connectivity index (χ0) is 16.9. The van der Waals surface area contributed by atoms with Crippen molar-refractivity contribution in [2.24, 2.45) is 5.73 Å². The first-order valence-corrected chi connectivity index (χ1v) is 7.82. The van der Waals surface area contributed by atoms with E-state index in [1.54, 1.807) is 38.1 Å². The summed E-state index contributed by atoms with van der Waals surface area (Å²) in [7, 11) is 0. The molecule has 0 aliphatic carbocycles. The van der Waals surface area contributed by atoms with Gasteiger partial charge in [0, 0.05) is 17.1 Å². The van der Waals surface area contributed by atoms with Crippen LogP contribution < -0.4 is 15.8 Å². The highest BCUT2D eigenvalue weighted by atomic mass is 35.5. The normalized spacial score (nSPS) is 11.1. The summed E-state index contributed by atoms with van der Waals surface area (Å²) in [5.74, 6) is 0.623. The largest absolute Gasteiger partial charge is 0.474 e. The fourth-order valence-corrected chi connectivity index (χ4v) is 2.18. The van der Waals surface area contributed by atoms with E-state index in [0.29, 0.717) is 17.1 Å². The second-order valence-corrected chi connectivity index (χ2v) is 6.30. The van der Waals surface area contributed by atoms with Gasteiger partial charge in [-0.05, 0) is 62.2 Å². The Morgan fingerprint density at radius 3 is 2.30 bits per heavy atom. The van der Waals surface area contributed by atoms with E-state index in [2.05, 4.69) is 5.32 Å². The van der Waals surface area contributed by atoms with E-state index in [4.69, 9.17) is 22.1 Å². The van der Waals surface area contributed by atoms with Crippen molar-refractivity contribution < 1.29 is 9.53 Å². The zero-order valence-corrected chi connectivity index (χ0v) is 14.1. The third-order valence-corrected chi connectivity index (χ3v) is 3.36. The van der Waals surface area contributed by atoms with Gasteiger partial charge in [-0.15, -0.1) is 0 Å². The van der Waals surface area contributed by atoms with Crippen LogP contribution in [0, 0.1) is 0 Å². The SMILES string of the molecule is CC(C)(N)Oc1ccc(CCNC(=O)c2ccc(Cl)cc2)cc1. The van der Waals surface area contributed by atoms with E-state index in [9.17, 15) is 4.79 Å². The average Bonchev–Trinajstić information content (AvgIpc) is 2.48. The standard InChI is InChI=1S/C18H21ClN2O2/c1-18(2,20)23-16-9-3-13(4-10-16)11-12-21-17(22)14-5-7-15(19)8-6-14/h3-10H,11-12,20H2,1-2H3,(H,21,22). The number of ether oxygens (including phenoxy) is 1. The molecule has 0 saturated carbocycles. The van der Waals surface area contributed by atoms with Crippen LogP contribution in [0.25, 0.3) is 0 Å². The Morgan fingerprint density at radius 2 is 1.74 bits per heavy atom. The molecule has 0 radical (unpaired) electrons. The molecule has 0 saturated heterocycles. The number of nitrogens with two attached hydrogens (primary N) is 1. The molecule has 122 valence electrons. The van der Waals surface area contributed by atoms with Gasteiger partial charge in [0.05, 0.1) is 0 Å². The molecule has 2 rings (SSSR count). The van der Waals surface area contributed by atoms with Crippen molar-refractivity contribution in [3.63, 3.8) is 0 Å². The summed E-state index contributed by atoms with van der Waals surface area (Å²) < 4.78 is 5.56. The lowest BCUT2D eigenvalue weighted by Crippen LogP contribution is -2.38. The zero-order valence-electron chi connectivity index (χ0n) is 13.3. The van der Waals surface area contributed by atoms with Gasteiger partial charge in [-0.1, -0.05) is 23.7 Å². The highest BCUT2D eigenvalue weighted by Gasteiger charge is 2.11. The van der Waals surface area contributed by atoms with E-state index in [1.807, 2.05) is 24.3 Å². The maximum atomic E-state index is 12.0. The van der Waals surface area contributed by atoms with Crippen molar-refractivity contribution >= 4 is 17.5 Å². The Balaban J connectivity index is 1.82. The van der Waals surface area contributed by atoms with Gasteiger partial charge in [-0.2, -0.15) is 0 Å². The molecule has 0 heterocycles. The van der Waals surface area contributed by atoms with Gasteiger partial charge < -0.3 is 10.1 Å². The maximum absolute atomic E-state index is 12.0. The Hall–Kier alpha value is -2.04. The molecular formula is C18H21ClN2O2. The van der Waals surface area contributed by atoms with Crippen LogP contribution in [0.15, 0.2) is 48.5 Å². The summed E-state index contributed by atoms with van der Waals surface area (Å²) in [6.07, 6.45) is 0.742. The first-order valence-electron chi connectivity index (χ1n) is 7.44. The van der Waals surface area contributed by atoms with Crippen LogP contribution in [0.2, 0.25) is 5.02 Å². The lowest BCUT2D eigenvalue weighted by Gasteiger charge is -2.21. The molecule has 3 N–H and O–H groups in total. The molecule has 0 fully saturated rings. The topological polar surface area (TPSA) is 64.3 Å². The van der Waals surface area contributed by atoms with E-state index < -0.39 is 5.72 Å². The number of carbonyl (C=O) groups excluding carboxylic acids is 1. The third-order valence-electron chi connectivity index (χ3n) is 3.11. The monoisotopic (exact) mass is 332 g/mol. The Kier molecular flexibility index (Phi) is 5.64. The molecule has 1 amide bonds. The number of benzene rings is 2. The van der Waals surface area contributed by atoms with Gasteiger partial charge in [0.25, 0.3) is 5.91 Å². The van der Waals surface area contributed by atoms with Crippen molar-refractivity contribution in [1.82, 2.24) is 5.32 Å². The second kappa shape index (κ2) is 7.49. The number of rotatable bonds is 6. The Morgan fingerprint density at radius 1 is 1.13 bits per heavy atom.